The molecule has 0 aliphatic heterocycles. The van der Waals surface area contributed by atoms with Crippen LogP contribution in [0, 0.1) is 0 Å². The van der Waals surface area contributed by atoms with E-state index >= 15 is 0 Å². The number of hydrogen-bond acceptors (Lipinski definition) is 4. The van der Waals surface area contributed by atoms with Crippen molar-refractivity contribution in [2.75, 3.05) is 0 Å². The highest BCUT2D eigenvalue weighted by molar-refractivity contribution is 7.27. The molecular weight excluding hydrogens is 334 g/mol. The lowest BCUT2D eigenvalue weighted by molar-refractivity contribution is 1.44. The zero-order valence-electron chi connectivity index (χ0n) is 13.0. The fourth-order valence-corrected chi connectivity index (χ4v) is 5.21. The van der Waals surface area contributed by atoms with Crippen molar-refractivity contribution in [1.82, 2.24) is 13.7 Å². The molecule has 0 amide bonds. The predicted octanol–water partition coefficient (Wildman–Crippen LogP) is 6.22. The average molecular weight is 347 g/mol. The van der Waals surface area contributed by atoms with E-state index in [4.69, 9.17) is 4.98 Å². The van der Waals surface area contributed by atoms with Gasteiger partial charge in [-0.25, -0.2) is 4.98 Å². The Morgan fingerprint density at radius 1 is 1.17 bits per heavy atom. The van der Waals surface area contributed by atoms with E-state index in [2.05, 4.69) is 45.7 Å². The second-order valence-corrected chi connectivity index (χ2v) is 7.27. The van der Waals surface area contributed by atoms with Crippen molar-refractivity contribution in [3.63, 3.8) is 0 Å². The molecule has 0 saturated carbocycles. The molecule has 1 N–H and O–H groups in total. The fraction of sp³-hybridized carbons (Fsp3) is 0.0526. The molecule has 5 rings (SSSR count). The summed E-state index contributed by atoms with van der Waals surface area (Å²) in [6.07, 6.45) is 5.99. The van der Waals surface area contributed by atoms with Gasteiger partial charge in [-0.3, -0.25) is 4.37 Å². The smallest absolute Gasteiger partial charge is 0.112 e. The number of thiophene rings is 1. The summed E-state index contributed by atoms with van der Waals surface area (Å²) in [6.45, 7) is 5.97. The van der Waals surface area contributed by atoms with E-state index in [-0.39, 0.29) is 0 Å². The van der Waals surface area contributed by atoms with Crippen molar-refractivity contribution in [1.29, 1.82) is 0 Å². The molecule has 0 fully saturated rings. The summed E-state index contributed by atoms with van der Waals surface area (Å²) in [6, 6.07) is 8.50. The third kappa shape index (κ3) is 1.66. The Hall–Kier alpha value is -2.50. The molecule has 0 spiro atoms. The number of aromatic nitrogens is 3. The van der Waals surface area contributed by atoms with Crippen LogP contribution in [0.4, 0.5) is 0 Å². The Balaban J connectivity index is 2.17. The number of H-pyrrole nitrogens is 1. The Morgan fingerprint density at radius 3 is 2.88 bits per heavy atom. The molecule has 116 valence electrons. The van der Waals surface area contributed by atoms with E-state index in [1.165, 1.54) is 31.9 Å². The van der Waals surface area contributed by atoms with E-state index in [9.17, 15) is 0 Å². The molecule has 0 aliphatic carbocycles. The summed E-state index contributed by atoms with van der Waals surface area (Å²) in [5, 5.41) is 3.60. The summed E-state index contributed by atoms with van der Waals surface area (Å²) >= 11 is 3.18. The van der Waals surface area contributed by atoms with Gasteiger partial charge in [0.05, 0.1) is 21.4 Å². The van der Waals surface area contributed by atoms with Crippen LogP contribution in [0.5, 0.6) is 0 Å². The van der Waals surface area contributed by atoms with Gasteiger partial charge in [0, 0.05) is 38.2 Å². The van der Waals surface area contributed by atoms with Crippen LogP contribution >= 0.6 is 23.1 Å². The van der Waals surface area contributed by atoms with E-state index in [0.29, 0.717) is 0 Å². The van der Waals surface area contributed by atoms with Crippen LogP contribution in [-0.2, 0) is 0 Å². The highest BCUT2D eigenvalue weighted by atomic mass is 32.1. The van der Waals surface area contributed by atoms with Crippen LogP contribution in [0.1, 0.15) is 18.2 Å². The number of hydrogen-bond donors (Lipinski definition) is 1. The van der Waals surface area contributed by atoms with E-state index in [1.807, 2.05) is 19.1 Å². The van der Waals surface area contributed by atoms with Crippen LogP contribution in [0.15, 0.2) is 36.9 Å². The van der Waals surface area contributed by atoms with Gasteiger partial charge in [0.15, 0.2) is 0 Å². The molecule has 24 heavy (non-hydrogen) atoms. The lowest BCUT2D eigenvalue weighted by Gasteiger charge is -1.98. The third-order valence-electron chi connectivity index (χ3n) is 4.36. The Bertz CT molecular complexity index is 1280. The highest BCUT2D eigenvalue weighted by Crippen LogP contribution is 2.44. The first kappa shape index (κ1) is 13.9. The Morgan fingerprint density at radius 2 is 2.04 bits per heavy atom. The molecule has 0 saturated heterocycles. The maximum atomic E-state index is 4.90. The second kappa shape index (κ2) is 5.00. The van der Waals surface area contributed by atoms with Gasteiger partial charge in [-0.1, -0.05) is 36.9 Å². The third-order valence-corrected chi connectivity index (χ3v) is 6.11. The first-order valence-corrected chi connectivity index (χ1v) is 9.28. The molecule has 3 nitrogen and oxygen atoms in total. The number of nitrogens with one attached hydrogen (secondary N) is 1. The molecule has 5 heteroatoms. The van der Waals surface area contributed by atoms with Gasteiger partial charge in [0.2, 0.25) is 0 Å². The molecule has 0 unspecified atom stereocenters. The monoisotopic (exact) mass is 347 g/mol. The van der Waals surface area contributed by atoms with Crippen molar-refractivity contribution >= 4 is 77.3 Å². The number of rotatable bonds is 2. The molecule has 3 aromatic heterocycles. The number of benzene rings is 2. The Labute approximate surface area is 146 Å². The van der Waals surface area contributed by atoms with Gasteiger partial charge in [-0.05, 0) is 19.1 Å². The number of aromatic amines is 1. The molecule has 3 heterocycles. The first-order chi connectivity index (χ1) is 11.8. The average Bonchev–Trinajstić information content (AvgIpc) is 3.28. The molecular formula is C19H13N3S2. The molecule has 0 bridgehead atoms. The molecule has 5 aromatic rings. The quantitative estimate of drug-likeness (QED) is 0.412. The summed E-state index contributed by atoms with van der Waals surface area (Å²) < 4.78 is 10.5. The van der Waals surface area contributed by atoms with Crippen LogP contribution < -0.4 is 0 Å². The highest BCUT2D eigenvalue weighted by Gasteiger charge is 2.21. The topological polar surface area (TPSA) is 41.6 Å². The fourth-order valence-electron chi connectivity index (χ4n) is 3.40. The zero-order chi connectivity index (χ0) is 16.3. The molecule has 0 radical (unpaired) electrons. The Kier molecular flexibility index (Phi) is 2.89. The van der Waals surface area contributed by atoms with Crippen molar-refractivity contribution < 1.29 is 0 Å². The lowest BCUT2D eigenvalue weighted by atomic mass is 10.0. The zero-order valence-corrected chi connectivity index (χ0v) is 14.6. The molecule has 0 atom stereocenters. The second-order valence-electron chi connectivity index (χ2n) is 5.65. The normalized spacial score (nSPS) is 12.4. The summed E-state index contributed by atoms with van der Waals surface area (Å²) in [7, 11) is 0. The molecule has 2 aromatic carbocycles. The van der Waals surface area contributed by atoms with Crippen LogP contribution in [0.2, 0.25) is 0 Å². The minimum atomic E-state index is 0.925. The van der Waals surface area contributed by atoms with Crippen LogP contribution in [-0.4, -0.2) is 13.7 Å². The standard InChI is InChI=1S/C19H13N3S2/c1-3-7-10-12(4-2)20-18-14(10)16-17(22-24-21-16)15-11-8-5-6-9-13(11)23-19(15)18/h3-9,21H,2H2,1H3/b7-3-. The SMILES string of the molecule is C=Cc1nc2c3sc4ccccc4c3c3ns[nH]c3c2c1/C=C\C. The number of allylic oxidation sites excluding steroid dienone is 1. The van der Waals surface area contributed by atoms with E-state index < -0.39 is 0 Å². The van der Waals surface area contributed by atoms with E-state index in [1.54, 1.807) is 11.3 Å². The predicted molar refractivity (Wildman–Crippen MR) is 107 cm³/mol. The van der Waals surface area contributed by atoms with Gasteiger partial charge in [0.25, 0.3) is 0 Å². The van der Waals surface area contributed by atoms with Crippen LogP contribution in [0.25, 0.3) is 54.3 Å². The first-order valence-electron chi connectivity index (χ1n) is 7.69. The van der Waals surface area contributed by atoms with Crippen LogP contribution in [0.3, 0.4) is 0 Å². The summed E-state index contributed by atoms with van der Waals surface area (Å²) in [4.78, 5) is 4.90. The number of fused-ring (bicyclic) bond motifs is 8. The van der Waals surface area contributed by atoms with Gasteiger partial charge < -0.3 is 0 Å². The van der Waals surface area contributed by atoms with Gasteiger partial charge in [-0.2, -0.15) is 4.37 Å². The minimum Gasteiger partial charge on any atom is -0.293 e. The van der Waals surface area contributed by atoms with Crippen molar-refractivity contribution in [2.24, 2.45) is 0 Å². The van der Waals surface area contributed by atoms with Crippen molar-refractivity contribution in [3.05, 3.63) is 48.2 Å². The van der Waals surface area contributed by atoms with Gasteiger partial charge >= 0.3 is 0 Å². The minimum absolute atomic E-state index is 0.925. The lowest BCUT2D eigenvalue weighted by Crippen LogP contribution is -1.78. The van der Waals surface area contributed by atoms with Gasteiger partial charge in [-0.15, -0.1) is 11.3 Å². The maximum absolute atomic E-state index is 4.90. The van der Waals surface area contributed by atoms with Crippen molar-refractivity contribution in [3.8, 4) is 0 Å². The largest absolute Gasteiger partial charge is 0.293 e. The maximum Gasteiger partial charge on any atom is 0.112 e. The summed E-state index contributed by atoms with van der Waals surface area (Å²) in [5.74, 6) is 0. The number of nitrogens with zero attached hydrogens (tertiary/aromatic N) is 2. The molecule has 0 aliphatic rings. The van der Waals surface area contributed by atoms with E-state index in [0.717, 1.165) is 33.2 Å². The van der Waals surface area contributed by atoms with Gasteiger partial charge in [0.1, 0.15) is 5.52 Å². The summed E-state index contributed by atoms with van der Waals surface area (Å²) in [5.41, 5.74) is 5.18. The van der Waals surface area contributed by atoms with Crippen molar-refractivity contribution in [2.45, 2.75) is 6.92 Å².